The van der Waals surface area contributed by atoms with Crippen LogP contribution in [0.15, 0.2) is 49.1 Å². The molecule has 4 aromatic rings. The molecule has 4 heterocycles. The van der Waals surface area contributed by atoms with Gasteiger partial charge in [0.05, 0.1) is 27.1 Å². The van der Waals surface area contributed by atoms with Gasteiger partial charge in [0.15, 0.2) is 11.6 Å². The normalized spacial score (nSPS) is 14.0. The van der Waals surface area contributed by atoms with Crippen LogP contribution in [-0.4, -0.2) is 45.0 Å². The molecule has 0 aliphatic carbocycles. The maximum Gasteiger partial charge on any atom is 0.224 e. The molecule has 0 spiro atoms. The van der Waals surface area contributed by atoms with E-state index >= 15 is 0 Å². The van der Waals surface area contributed by atoms with E-state index in [-0.39, 0.29) is 11.7 Å². The van der Waals surface area contributed by atoms with Crippen molar-refractivity contribution in [3.05, 3.63) is 54.9 Å². The van der Waals surface area contributed by atoms with E-state index < -0.39 is 5.82 Å². The van der Waals surface area contributed by atoms with Gasteiger partial charge in [-0.15, -0.1) is 11.3 Å². The van der Waals surface area contributed by atoms with E-state index in [1.54, 1.807) is 25.3 Å². The molecule has 0 atom stereocenters. The number of hydrogen-bond donors (Lipinski definition) is 1. The Balaban J connectivity index is 1.30. The molecule has 1 N–H and O–H groups in total. The van der Waals surface area contributed by atoms with Gasteiger partial charge >= 0.3 is 0 Å². The molecule has 7 nitrogen and oxygen atoms in total. The maximum atomic E-state index is 14.7. The van der Waals surface area contributed by atoms with Gasteiger partial charge in [-0.3, -0.25) is 9.78 Å². The van der Waals surface area contributed by atoms with Crippen LogP contribution >= 0.6 is 11.3 Å². The summed E-state index contributed by atoms with van der Waals surface area (Å²) in [5.41, 5.74) is 2.07. The summed E-state index contributed by atoms with van der Waals surface area (Å²) in [5.74, 6) is -0.104. The number of ether oxygens (including phenoxy) is 1. The Morgan fingerprint density at radius 3 is 2.80 bits per heavy atom. The molecule has 1 saturated heterocycles. The standard InChI is InChI=1S/C26H28FN5O2S/c1-2-25(33)30-18-6-7-22(19(27)14-18)34-23-8-9-28-20-15-24(35-26(20)23)21-16-32(17-29-21)13-5-12-31-10-3-4-11-31/h6-9,14-17H,2-5,10-13H2,1H3,(H,30,33). The number of imidazole rings is 1. The summed E-state index contributed by atoms with van der Waals surface area (Å²) in [6.07, 6.45) is 9.66. The van der Waals surface area contributed by atoms with Crippen molar-refractivity contribution >= 4 is 33.1 Å². The van der Waals surface area contributed by atoms with Gasteiger partial charge in [-0.1, -0.05) is 6.92 Å². The van der Waals surface area contributed by atoms with Crippen molar-refractivity contribution in [1.82, 2.24) is 19.4 Å². The number of amides is 1. The lowest BCUT2D eigenvalue weighted by Gasteiger charge is -2.13. The van der Waals surface area contributed by atoms with Gasteiger partial charge in [-0.25, -0.2) is 9.37 Å². The van der Waals surface area contributed by atoms with E-state index in [0.29, 0.717) is 17.9 Å². The maximum absolute atomic E-state index is 14.7. The van der Waals surface area contributed by atoms with Crippen molar-refractivity contribution in [2.75, 3.05) is 25.0 Å². The Kier molecular flexibility index (Phi) is 7.06. The summed E-state index contributed by atoms with van der Waals surface area (Å²) < 4.78 is 23.5. The van der Waals surface area contributed by atoms with E-state index in [4.69, 9.17) is 4.74 Å². The second-order valence-corrected chi connectivity index (χ2v) is 9.73. The minimum absolute atomic E-state index is 0.0872. The van der Waals surface area contributed by atoms with Crippen molar-refractivity contribution < 1.29 is 13.9 Å². The highest BCUT2D eigenvalue weighted by atomic mass is 32.1. The Morgan fingerprint density at radius 1 is 1.14 bits per heavy atom. The number of nitrogens with zero attached hydrogens (tertiary/aromatic N) is 4. The number of carbonyl (C=O) groups is 1. The number of benzene rings is 1. The first-order valence-corrected chi connectivity index (χ1v) is 12.8. The van der Waals surface area contributed by atoms with Crippen molar-refractivity contribution in [1.29, 1.82) is 0 Å². The summed E-state index contributed by atoms with van der Waals surface area (Å²) in [4.78, 5) is 24.1. The highest BCUT2D eigenvalue weighted by molar-refractivity contribution is 7.22. The zero-order valence-corrected chi connectivity index (χ0v) is 20.5. The fraction of sp³-hybridized carbons (Fsp3) is 0.346. The van der Waals surface area contributed by atoms with E-state index in [1.165, 1.54) is 49.4 Å². The third-order valence-corrected chi connectivity index (χ3v) is 7.27. The number of aryl methyl sites for hydroxylation is 1. The predicted octanol–water partition coefficient (Wildman–Crippen LogP) is 5.93. The lowest BCUT2D eigenvalue weighted by Crippen LogP contribution is -2.21. The first-order chi connectivity index (χ1) is 17.1. The highest BCUT2D eigenvalue weighted by Gasteiger charge is 2.15. The molecular weight excluding hydrogens is 465 g/mol. The SMILES string of the molecule is CCC(=O)Nc1ccc(Oc2ccnc3cc(-c4cn(CCCN5CCCC5)cn4)sc23)c(F)c1. The molecule has 1 aromatic carbocycles. The molecule has 1 fully saturated rings. The molecular formula is C26H28FN5O2S. The third-order valence-electron chi connectivity index (χ3n) is 6.11. The van der Waals surface area contributed by atoms with Crippen LogP contribution < -0.4 is 10.1 Å². The van der Waals surface area contributed by atoms with Crippen LogP contribution in [0.5, 0.6) is 11.5 Å². The molecule has 1 amide bonds. The van der Waals surface area contributed by atoms with Crippen LogP contribution in [-0.2, 0) is 11.3 Å². The smallest absolute Gasteiger partial charge is 0.224 e. The lowest BCUT2D eigenvalue weighted by atomic mass is 10.2. The molecule has 0 saturated carbocycles. The lowest BCUT2D eigenvalue weighted by molar-refractivity contribution is -0.115. The van der Waals surface area contributed by atoms with Gasteiger partial charge in [-0.2, -0.15) is 0 Å². The molecule has 35 heavy (non-hydrogen) atoms. The first-order valence-electron chi connectivity index (χ1n) is 12.0. The number of thiophene rings is 1. The Bertz CT molecular complexity index is 1330. The fourth-order valence-electron chi connectivity index (χ4n) is 4.24. The molecule has 1 aliphatic rings. The van der Waals surface area contributed by atoms with Gasteiger partial charge in [0.1, 0.15) is 5.75 Å². The molecule has 0 unspecified atom stereocenters. The minimum atomic E-state index is -0.548. The highest BCUT2D eigenvalue weighted by Crippen LogP contribution is 2.39. The zero-order valence-electron chi connectivity index (χ0n) is 19.7. The summed E-state index contributed by atoms with van der Waals surface area (Å²) >= 11 is 1.52. The molecule has 5 rings (SSSR count). The summed E-state index contributed by atoms with van der Waals surface area (Å²) in [6.45, 7) is 6.25. The Hall–Kier alpha value is -3.30. The number of halogens is 1. The number of anilines is 1. The average Bonchev–Trinajstić information content (AvgIpc) is 3.62. The predicted molar refractivity (Wildman–Crippen MR) is 137 cm³/mol. The number of pyridine rings is 1. The van der Waals surface area contributed by atoms with Crippen LogP contribution in [0.4, 0.5) is 10.1 Å². The van der Waals surface area contributed by atoms with Crippen LogP contribution in [0, 0.1) is 5.82 Å². The minimum Gasteiger partial charge on any atom is -0.453 e. The number of rotatable bonds is 9. The first kappa shape index (κ1) is 23.4. The number of aromatic nitrogens is 3. The van der Waals surface area contributed by atoms with E-state index in [1.807, 2.05) is 12.4 Å². The number of likely N-dealkylation sites (tertiary alicyclic amines) is 1. The number of carbonyl (C=O) groups excluding carboxylic acids is 1. The van der Waals surface area contributed by atoms with Crippen LogP contribution in [0.3, 0.4) is 0 Å². The number of hydrogen-bond acceptors (Lipinski definition) is 6. The average molecular weight is 494 g/mol. The molecule has 0 bridgehead atoms. The largest absolute Gasteiger partial charge is 0.453 e. The molecule has 0 radical (unpaired) electrons. The van der Waals surface area contributed by atoms with Gasteiger partial charge in [0.25, 0.3) is 0 Å². The van der Waals surface area contributed by atoms with E-state index in [0.717, 1.165) is 40.3 Å². The van der Waals surface area contributed by atoms with Gasteiger partial charge < -0.3 is 19.5 Å². The van der Waals surface area contributed by atoms with Crippen LogP contribution in [0.2, 0.25) is 0 Å². The van der Waals surface area contributed by atoms with Crippen molar-refractivity contribution in [3.63, 3.8) is 0 Å². The summed E-state index contributed by atoms with van der Waals surface area (Å²) in [5, 5.41) is 2.65. The van der Waals surface area contributed by atoms with Gasteiger partial charge in [-0.05, 0) is 57.1 Å². The zero-order chi connectivity index (χ0) is 24.2. The Labute approximate surface area is 207 Å². The van der Waals surface area contributed by atoms with Crippen LogP contribution in [0.25, 0.3) is 20.8 Å². The summed E-state index contributed by atoms with van der Waals surface area (Å²) in [7, 11) is 0. The quantitative estimate of drug-likeness (QED) is 0.313. The van der Waals surface area contributed by atoms with Crippen molar-refractivity contribution in [2.45, 2.75) is 39.2 Å². The van der Waals surface area contributed by atoms with Gasteiger partial charge in [0, 0.05) is 43.2 Å². The van der Waals surface area contributed by atoms with Gasteiger partial charge in [0.2, 0.25) is 5.91 Å². The number of nitrogens with one attached hydrogen (secondary N) is 1. The fourth-order valence-corrected chi connectivity index (χ4v) is 5.27. The molecule has 182 valence electrons. The van der Waals surface area contributed by atoms with Crippen LogP contribution in [0.1, 0.15) is 32.6 Å². The second-order valence-electron chi connectivity index (χ2n) is 8.68. The molecule has 1 aliphatic heterocycles. The van der Waals surface area contributed by atoms with Crippen molar-refractivity contribution in [2.24, 2.45) is 0 Å². The van der Waals surface area contributed by atoms with Crippen molar-refractivity contribution in [3.8, 4) is 22.1 Å². The number of fused-ring (bicyclic) bond motifs is 1. The second kappa shape index (κ2) is 10.5. The summed E-state index contributed by atoms with van der Waals surface area (Å²) in [6, 6.07) is 8.12. The van der Waals surface area contributed by atoms with E-state index in [2.05, 4.69) is 30.9 Å². The Morgan fingerprint density at radius 2 is 2.00 bits per heavy atom. The third kappa shape index (κ3) is 5.52. The molecule has 3 aromatic heterocycles. The molecule has 9 heteroatoms. The topological polar surface area (TPSA) is 72.3 Å². The monoisotopic (exact) mass is 493 g/mol. The van der Waals surface area contributed by atoms with E-state index in [9.17, 15) is 9.18 Å².